The highest BCUT2D eigenvalue weighted by atomic mass is 19.3. The Bertz CT molecular complexity index is 561. The molecule has 0 radical (unpaired) electrons. The number of hydrogen-bond donors (Lipinski definition) is 2. The van der Waals surface area contributed by atoms with E-state index < -0.39 is 29.4 Å². The SMILES string of the molecule is CC1=C(C(N)=O)C(F)(F)C(C(=O)NC2C3CCCC32)N=C1. The minimum absolute atomic E-state index is 0.000147. The topological polar surface area (TPSA) is 84.5 Å². The average Bonchev–Trinajstić information content (AvgIpc) is 2.82. The molecule has 3 rings (SSSR count). The van der Waals surface area contributed by atoms with Gasteiger partial charge in [0.2, 0.25) is 0 Å². The Morgan fingerprint density at radius 3 is 2.57 bits per heavy atom. The number of rotatable bonds is 3. The Morgan fingerprint density at radius 1 is 1.38 bits per heavy atom. The predicted octanol–water partition coefficient (Wildman–Crippen LogP) is 0.791. The lowest BCUT2D eigenvalue weighted by molar-refractivity contribution is -0.130. The third-order valence-electron chi connectivity index (χ3n) is 4.70. The summed E-state index contributed by atoms with van der Waals surface area (Å²) in [6.07, 6.45) is 4.32. The van der Waals surface area contributed by atoms with Crippen LogP contribution >= 0.6 is 0 Å². The number of fused-ring (bicyclic) bond motifs is 1. The number of primary amides is 1. The Labute approximate surface area is 120 Å². The molecule has 0 aromatic heterocycles. The summed E-state index contributed by atoms with van der Waals surface area (Å²) >= 11 is 0. The Morgan fingerprint density at radius 2 is 2.00 bits per heavy atom. The van der Waals surface area contributed by atoms with E-state index in [9.17, 15) is 18.4 Å². The lowest BCUT2D eigenvalue weighted by Crippen LogP contribution is -2.51. The number of alkyl halides is 2. The summed E-state index contributed by atoms with van der Waals surface area (Å²) in [7, 11) is 0. The number of hydrogen-bond acceptors (Lipinski definition) is 3. The van der Waals surface area contributed by atoms with Gasteiger partial charge in [-0.3, -0.25) is 14.6 Å². The molecule has 0 aromatic rings. The number of nitrogens with two attached hydrogens (primary N) is 1. The number of amides is 2. The molecular weight excluding hydrogens is 280 g/mol. The number of allylic oxidation sites excluding steroid dienone is 1. The maximum absolute atomic E-state index is 14.3. The Kier molecular flexibility index (Phi) is 3.11. The fourth-order valence-corrected chi connectivity index (χ4v) is 3.61. The van der Waals surface area contributed by atoms with Crippen LogP contribution < -0.4 is 11.1 Å². The van der Waals surface area contributed by atoms with E-state index in [4.69, 9.17) is 5.73 Å². The normalized spacial score (nSPS) is 36.3. The van der Waals surface area contributed by atoms with E-state index in [0.717, 1.165) is 25.5 Å². The predicted molar refractivity (Wildman–Crippen MR) is 71.9 cm³/mol. The van der Waals surface area contributed by atoms with Crippen molar-refractivity contribution < 1.29 is 18.4 Å². The zero-order valence-corrected chi connectivity index (χ0v) is 11.6. The van der Waals surface area contributed by atoms with Crippen molar-refractivity contribution in [3.8, 4) is 0 Å². The smallest absolute Gasteiger partial charge is 0.309 e. The van der Waals surface area contributed by atoms with Crippen molar-refractivity contribution in [3.05, 3.63) is 11.1 Å². The van der Waals surface area contributed by atoms with Gasteiger partial charge >= 0.3 is 5.92 Å². The number of carbonyl (C=O) groups is 2. The third kappa shape index (κ3) is 2.15. The van der Waals surface area contributed by atoms with Crippen molar-refractivity contribution in [2.75, 3.05) is 0 Å². The van der Waals surface area contributed by atoms with Gasteiger partial charge in [0, 0.05) is 12.3 Å². The van der Waals surface area contributed by atoms with E-state index in [1.165, 1.54) is 6.92 Å². The van der Waals surface area contributed by atoms with Crippen molar-refractivity contribution in [2.24, 2.45) is 22.6 Å². The molecule has 3 N–H and O–H groups in total. The summed E-state index contributed by atoms with van der Waals surface area (Å²) in [5.74, 6) is -4.88. The highest BCUT2D eigenvalue weighted by Crippen LogP contribution is 2.52. The molecule has 5 nitrogen and oxygen atoms in total. The second kappa shape index (κ2) is 4.61. The van der Waals surface area contributed by atoms with Gasteiger partial charge in [0.15, 0.2) is 6.04 Å². The highest BCUT2D eigenvalue weighted by molar-refractivity contribution is 6.04. The maximum atomic E-state index is 14.3. The highest BCUT2D eigenvalue weighted by Gasteiger charge is 2.57. The van der Waals surface area contributed by atoms with Crippen molar-refractivity contribution in [3.63, 3.8) is 0 Å². The lowest BCUT2D eigenvalue weighted by atomic mass is 9.93. The molecule has 0 aromatic carbocycles. The molecule has 114 valence electrons. The van der Waals surface area contributed by atoms with E-state index in [1.807, 2.05) is 0 Å². The van der Waals surface area contributed by atoms with Crippen molar-refractivity contribution in [2.45, 2.75) is 44.2 Å². The standard InChI is InChI=1S/C14H17F2N3O2/c1-6-5-18-11(14(15,16)9(6)12(17)20)13(21)19-10-7-3-2-4-8(7)10/h5,7-8,10-11H,2-4H2,1H3,(H2,17,20)(H,19,21). The fraction of sp³-hybridized carbons (Fsp3) is 0.643. The van der Waals surface area contributed by atoms with Crippen molar-refractivity contribution >= 4 is 18.0 Å². The first-order valence-electron chi connectivity index (χ1n) is 7.06. The minimum Gasteiger partial charge on any atom is -0.366 e. The van der Waals surface area contributed by atoms with E-state index >= 15 is 0 Å². The number of dihydropyridines is 1. The van der Waals surface area contributed by atoms with Gasteiger partial charge in [-0.25, -0.2) is 0 Å². The number of nitrogens with one attached hydrogen (secondary N) is 1. The van der Waals surface area contributed by atoms with Crippen LogP contribution in [-0.2, 0) is 9.59 Å². The molecule has 2 aliphatic carbocycles. The molecule has 3 unspecified atom stereocenters. The average molecular weight is 297 g/mol. The van der Waals surface area contributed by atoms with Gasteiger partial charge in [0.25, 0.3) is 11.8 Å². The van der Waals surface area contributed by atoms with Crippen LogP contribution in [0.1, 0.15) is 26.2 Å². The van der Waals surface area contributed by atoms with Crippen LogP contribution in [0.2, 0.25) is 0 Å². The number of nitrogens with zero attached hydrogens (tertiary/aromatic N) is 1. The van der Waals surface area contributed by atoms with Crippen LogP contribution in [0.25, 0.3) is 0 Å². The van der Waals surface area contributed by atoms with Crippen LogP contribution in [0.5, 0.6) is 0 Å². The molecule has 7 heteroatoms. The van der Waals surface area contributed by atoms with Crippen molar-refractivity contribution in [1.29, 1.82) is 0 Å². The second-order valence-electron chi connectivity index (χ2n) is 6.02. The first-order valence-corrected chi connectivity index (χ1v) is 7.06. The molecule has 3 atom stereocenters. The lowest BCUT2D eigenvalue weighted by Gasteiger charge is -2.28. The molecule has 3 aliphatic rings. The van der Waals surface area contributed by atoms with Gasteiger partial charge in [-0.05, 0) is 37.2 Å². The fourth-order valence-electron chi connectivity index (χ4n) is 3.61. The molecule has 0 spiro atoms. The molecule has 0 bridgehead atoms. The van der Waals surface area contributed by atoms with Gasteiger partial charge < -0.3 is 11.1 Å². The first kappa shape index (κ1) is 14.2. The van der Waals surface area contributed by atoms with Crippen LogP contribution in [0.3, 0.4) is 0 Å². The van der Waals surface area contributed by atoms with Crippen LogP contribution in [0.15, 0.2) is 16.1 Å². The monoisotopic (exact) mass is 297 g/mol. The first-order chi connectivity index (χ1) is 9.84. The van der Waals surface area contributed by atoms with E-state index in [-0.39, 0.29) is 11.6 Å². The van der Waals surface area contributed by atoms with Gasteiger partial charge in [-0.15, -0.1) is 0 Å². The van der Waals surface area contributed by atoms with Crippen LogP contribution in [0, 0.1) is 11.8 Å². The van der Waals surface area contributed by atoms with E-state index in [2.05, 4.69) is 10.3 Å². The molecular formula is C14H17F2N3O2. The number of aliphatic imine (C=N–C) groups is 1. The second-order valence-corrected chi connectivity index (χ2v) is 6.02. The quantitative estimate of drug-likeness (QED) is 0.807. The molecule has 21 heavy (non-hydrogen) atoms. The summed E-state index contributed by atoms with van der Waals surface area (Å²) in [5, 5.41) is 2.65. The largest absolute Gasteiger partial charge is 0.366 e. The van der Waals surface area contributed by atoms with E-state index in [0.29, 0.717) is 11.8 Å². The summed E-state index contributed by atoms with van der Waals surface area (Å²) in [6.45, 7) is 1.33. The molecule has 1 aliphatic heterocycles. The Balaban J connectivity index is 1.75. The molecule has 2 saturated carbocycles. The summed E-state index contributed by atoms with van der Waals surface area (Å²) in [5.41, 5.74) is 4.19. The minimum atomic E-state index is -3.67. The summed E-state index contributed by atoms with van der Waals surface area (Å²) in [4.78, 5) is 26.9. The number of carbonyl (C=O) groups excluding carboxylic acids is 2. The molecule has 2 fully saturated rings. The summed E-state index contributed by atoms with van der Waals surface area (Å²) < 4.78 is 28.6. The summed E-state index contributed by atoms with van der Waals surface area (Å²) in [6, 6.07) is -1.92. The van der Waals surface area contributed by atoms with Gasteiger partial charge in [-0.1, -0.05) is 6.42 Å². The van der Waals surface area contributed by atoms with Crippen LogP contribution in [0.4, 0.5) is 8.78 Å². The Hall–Kier alpha value is -1.79. The molecule has 0 saturated heterocycles. The third-order valence-corrected chi connectivity index (χ3v) is 4.70. The van der Waals surface area contributed by atoms with E-state index in [1.54, 1.807) is 0 Å². The van der Waals surface area contributed by atoms with Gasteiger partial charge in [0.05, 0.1) is 5.57 Å². The van der Waals surface area contributed by atoms with Gasteiger partial charge in [-0.2, -0.15) is 8.78 Å². The zero-order chi connectivity index (χ0) is 15.4. The molecule has 2 amide bonds. The molecule has 1 heterocycles. The van der Waals surface area contributed by atoms with Crippen LogP contribution in [-0.4, -0.2) is 36.0 Å². The van der Waals surface area contributed by atoms with Crippen molar-refractivity contribution in [1.82, 2.24) is 5.32 Å². The number of halogens is 2. The maximum Gasteiger partial charge on any atom is 0.309 e. The zero-order valence-electron chi connectivity index (χ0n) is 11.6. The van der Waals surface area contributed by atoms with Gasteiger partial charge in [0.1, 0.15) is 0 Å².